The number of aliphatic imine (C=N–C) groups is 1. The van der Waals surface area contributed by atoms with E-state index in [0.29, 0.717) is 5.69 Å². The van der Waals surface area contributed by atoms with E-state index in [4.69, 9.17) is 5.73 Å². The highest BCUT2D eigenvalue weighted by molar-refractivity contribution is 6.15. The van der Waals surface area contributed by atoms with Gasteiger partial charge < -0.3 is 16.0 Å². The molecule has 1 aliphatic heterocycles. The van der Waals surface area contributed by atoms with Crippen LogP contribution in [0.25, 0.3) is 11.1 Å². The van der Waals surface area contributed by atoms with Crippen LogP contribution in [-0.2, 0) is 6.54 Å². The van der Waals surface area contributed by atoms with Crippen LogP contribution in [0.2, 0.25) is 0 Å². The van der Waals surface area contributed by atoms with E-state index in [1.54, 1.807) is 13.2 Å². The summed E-state index contributed by atoms with van der Waals surface area (Å²) in [7, 11) is 3.96. The number of hydrogen-bond donors (Lipinski definition) is 2. The molecule has 1 saturated heterocycles. The van der Waals surface area contributed by atoms with Crippen LogP contribution in [0.1, 0.15) is 16.8 Å². The average Bonchev–Trinajstić information content (AvgIpc) is 2.83. The van der Waals surface area contributed by atoms with Crippen LogP contribution in [0.3, 0.4) is 0 Å². The molecule has 2 aromatic heterocycles. The van der Waals surface area contributed by atoms with Gasteiger partial charge in [0.1, 0.15) is 0 Å². The SMILES string of the molecule is C=C(Nc1ccc(CN2CCN(C)CC2)nc1)C(=NC)c1cc(-c2cncc(N)c2)ccc1C. The molecular formula is C27H33N7. The molecule has 0 radical (unpaired) electrons. The third kappa shape index (κ3) is 5.68. The Morgan fingerprint density at radius 3 is 2.53 bits per heavy atom. The van der Waals surface area contributed by atoms with E-state index in [2.05, 4.69) is 81.0 Å². The number of nitrogens with zero attached hydrogens (tertiary/aromatic N) is 5. The molecule has 1 aliphatic rings. The fourth-order valence-electron chi connectivity index (χ4n) is 4.15. The zero-order chi connectivity index (χ0) is 24.1. The molecule has 34 heavy (non-hydrogen) atoms. The summed E-state index contributed by atoms with van der Waals surface area (Å²) in [6.45, 7) is 11.6. The van der Waals surface area contributed by atoms with Gasteiger partial charge in [-0.05, 0) is 49.4 Å². The Bertz CT molecular complexity index is 1180. The van der Waals surface area contributed by atoms with E-state index in [9.17, 15) is 0 Å². The standard InChI is InChI=1S/C27H33N7/c1-19-5-6-21(22-13-23(28)16-30-15-22)14-26(19)27(29-3)20(2)32-24-7-8-25(31-17-24)18-34-11-9-33(4)10-12-34/h5-8,13-17,32H,2,9-12,18,28H2,1,3-4H3. The van der Waals surface area contributed by atoms with Crippen molar-refractivity contribution >= 4 is 17.1 Å². The zero-order valence-corrected chi connectivity index (χ0v) is 20.3. The molecule has 176 valence electrons. The lowest BCUT2D eigenvalue weighted by molar-refractivity contribution is 0.147. The van der Waals surface area contributed by atoms with E-state index < -0.39 is 0 Å². The van der Waals surface area contributed by atoms with Gasteiger partial charge in [0.2, 0.25) is 0 Å². The van der Waals surface area contributed by atoms with Crippen LogP contribution in [0.5, 0.6) is 0 Å². The zero-order valence-electron chi connectivity index (χ0n) is 20.3. The first-order valence-corrected chi connectivity index (χ1v) is 11.5. The largest absolute Gasteiger partial charge is 0.397 e. The molecule has 0 atom stereocenters. The molecule has 0 saturated carbocycles. The maximum absolute atomic E-state index is 5.93. The van der Waals surface area contributed by atoms with Crippen molar-refractivity contribution in [2.24, 2.45) is 4.99 Å². The topological polar surface area (TPSA) is 82.7 Å². The highest BCUT2D eigenvalue weighted by Gasteiger charge is 2.15. The van der Waals surface area contributed by atoms with Crippen LogP contribution in [0, 0.1) is 6.92 Å². The normalized spacial score (nSPS) is 15.3. The number of nitrogens with two attached hydrogens (primary N) is 1. The Morgan fingerprint density at radius 1 is 1.06 bits per heavy atom. The lowest BCUT2D eigenvalue weighted by atomic mass is 9.96. The van der Waals surface area contributed by atoms with Gasteiger partial charge in [-0.1, -0.05) is 18.7 Å². The Morgan fingerprint density at radius 2 is 1.85 bits per heavy atom. The monoisotopic (exact) mass is 455 g/mol. The van der Waals surface area contributed by atoms with Crippen molar-refractivity contribution in [3.05, 3.63) is 84.1 Å². The van der Waals surface area contributed by atoms with E-state index in [1.165, 1.54) is 0 Å². The number of nitrogen functional groups attached to an aromatic ring is 1. The number of anilines is 2. The summed E-state index contributed by atoms with van der Waals surface area (Å²) in [6.07, 6.45) is 5.33. The number of hydrogen-bond acceptors (Lipinski definition) is 7. The van der Waals surface area contributed by atoms with Crippen molar-refractivity contribution in [2.75, 3.05) is 51.3 Å². The Kier molecular flexibility index (Phi) is 7.35. The lowest BCUT2D eigenvalue weighted by Crippen LogP contribution is -2.43. The molecule has 0 amide bonds. The minimum absolute atomic E-state index is 0.638. The number of allylic oxidation sites excluding steroid dienone is 1. The quantitative estimate of drug-likeness (QED) is 0.527. The highest BCUT2D eigenvalue weighted by Crippen LogP contribution is 2.25. The van der Waals surface area contributed by atoms with E-state index >= 15 is 0 Å². The first kappa shape index (κ1) is 23.6. The minimum atomic E-state index is 0.638. The molecule has 0 spiro atoms. The second-order valence-corrected chi connectivity index (χ2v) is 8.83. The molecule has 3 heterocycles. The van der Waals surface area contributed by atoms with Crippen molar-refractivity contribution in [3.8, 4) is 11.1 Å². The molecular weight excluding hydrogens is 422 g/mol. The van der Waals surface area contributed by atoms with E-state index in [0.717, 1.165) is 77.8 Å². The molecule has 7 heteroatoms. The van der Waals surface area contributed by atoms with Gasteiger partial charge in [0.15, 0.2) is 0 Å². The first-order chi connectivity index (χ1) is 16.4. The molecule has 0 unspecified atom stereocenters. The van der Waals surface area contributed by atoms with Crippen molar-refractivity contribution in [2.45, 2.75) is 13.5 Å². The molecule has 1 aromatic carbocycles. The summed E-state index contributed by atoms with van der Waals surface area (Å²) in [5.74, 6) is 0. The number of pyridine rings is 2. The summed E-state index contributed by atoms with van der Waals surface area (Å²) in [6, 6.07) is 12.3. The summed E-state index contributed by atoms with van der Waals surface area (Å²) in [5, 5.41) is 3.38. The number of aromatic nitrogens is 2. The van der Waals surface area contributed by atoms with Gasteiger partial charge in [0.25, 0.3) is 0 Å². The lowest BCUT2D eigenvalue weighted by Gasteiger charge is -2.32. The van der Waals surface area contributed by atoms with Crippen LogP contribution in [-0.4, -0.2) is 65.8 Å². The van der Waals surface area contributed by atoms with E-state index in [1.807, 2.05) is 18.5 Å². The fraction of sp³-hybridized carbons (Fsp3) is 0.296. The van der Waals surface area contributed by atoms with Gasteiger partial charge in [0.05, 0.1) is 34.7 Å². The Hall–Kier alpha value is -3.55. The number of piperazine rings is 1. The van der Waals surface area contributed by atoms with Gasteiger partial charge in [-0.2, -0.15) is 0 Å². The number of benzene rings is 1. The third-order valence-electron chi connectivity index (χ3n) is 6.20. The van der Waals surface area contributed by atoms with Gasteiger partial charge in [0, 0.05) is 63.3 Å². The van der Waals surface area contributed by atoms with Gasteiger partial charge in [-0.3, -0.25) is 19.9 Å². The predicted octanol–water partition coefficient (Wildman–Crippen LogP) is 3.83. The summed E-state index contributed by atoms with van der Waals surface area (Å²) in [4.78, 5) is 18.2. The summed E-state index contributed by atoms with van der Waals surface area (Å²) in [5.41, 5.74) is 14.2. The molecule has 0 bridgehead atoms. The molecule has 3 aromatic rings. The second-order valence-electron chi connectivity index (χ2n) is 8.83. The second kappa shape index (κ2) is 10.6. The van der Waals surface area contributed by atoms with Crippen molar-refractivity contribution in [3.63, 3.8) is 0 Å². The van der Waals surface area contributed by atoms with Crippen LogP contribution in [0.4, 0.5) is 11.4 Å². The number of likely N-dealkylation sites (N-methyl/N-ethyl adjacent to an activating group) is 1. The van der Waals surface area contributed by atoms with Crippen molar-refractivity contribution < 1.29 is 0 Å². The third-order valence-corrected chi connectivity index (χ3v) is 6.20. The Labute approximate surface area is 202 Å². The Balaban J connectivity index is 1.46. The number of rotatable bonds is 7. The predicted molar refractivity (Wildman–Crippen MR) is 141 cm³/mol. The fourth-order valence-corrected chi connectivity index (χ4v) is 4.15. The first-order valence-electron chi connectivity index (χ1n) is 11.5. The molecule has 4 rings (SSSR count). The average molecular weight is 456 g/mol. The van der Waals surface area contributed by atoms with Gasteiger partial charge in [-0.25, -0.2) is 0 Å². The molecule has 0 aliphatic carbocycles. The smallest absolute Gasteiger partial charge is 0.0874 e. The number of nitrogens with one attached hydrogen (secondary N) is 1. The molecule has 1 fully saturated rings. The molecule has 3 N–H and O–H groups in total. The van der Waals surface area contributed by atoms with Crippen LogP contribution < -0.4 is 11.1 Å². The van der Waals surface area contributed by atoms with Gasteiger partial charge in [-0.15, -0.1) is 0 Å². The van der Waals surface area contributed by atoms with Gasteiger partial charge >= 0.3 is 0 Å². The van der Waals surface area contributed by atoms with Crippen LogP contribution in [0.15, 0.2) is 72.3 Å². The highest BCUT2D eigenvalue weighted by atomic mass is 15.2. The van der Waals surface area contributed by atoms with Crippen LogP contribution >= 0.6 is 0 Å². The number of aryl methyl sites for hydroxylation is 1. The molecule has 7 nitrogen and oxygen atoms in total. The van der Waals surface area contributed by atoms with Crippen molar-refractivity contribution in [1.29, 1.82) is 0 Å². The maximum atomic E-state index is 5.93. The van der Waals surface area contributed by atoms with E-state index in [-0.39, 0.29) is 0 Å². The minimum Gasteiger partial charge on any atom is -0.397 e. The van der Waals surface area contributed by atoms with Crippen molar-refractivity contribution in [1.82, 2.24) is 19.8 Å². The summed E-state index contributed by atoms with van der Waals surface area (Å²) < 4.78 is 0. The maximum Gasteiger partial charge on any atom is 0.0874 e. The summed E-state index contributed by atoms with van der Waals surface area (Å²) >= 11 is 0.